The lowest BCUT2D eigenvalue weighted by Gasteiger charge is -2.40. The van der Waals surface area contributed by atoms with E-state index >= 15 is 0 Å². The number of rotatable bonds is 2. The van der Waals surface area contributed by atoms with Gasteiger partial charge in [0.15, 0.2) is 0 Å². The molecular weight excluding hydrogens is 348 g/mol. The first-order valence-electron chi connectivity index (χ1n) is 4.82. The standard InChI is InChI=1S/C9H6Cl2F5N3S/c10-6-3-5(20(12,13,14,15)16)4-7(11)9(6)19-8(17)1-2-18-19/h1-4H,17H2. The minimum absolute atomic E-state index is 0.0360. The van der Waals surface area contributed by atoms with Crippen molar-refractivity contribution in [1.82, 2.24) is 9.78 Å². The summed E-state index contributed by atoms with van der Waals surface area (Å²) in [5.41, 5.74) is 5.30. The van der Waals surface area contributed by atoms with Gasteiger partial charge in [-0.05, 0) is 12.1 Å². The van der Waals surface area contributed by atoms with Gasteiger partial charge in [0.25, 0.3) is 0 Å². The molecule has 112 valence electrons. The van der Waals surface area contributed by atoms with Gasteiger partial charge in [-0.15, -0.1) is 0 Å². The number of nitrogens with zero attached hydrogens (tertiary/aromatic N) is 2. The van der Waals surface area contributed by atoms with Crippen molar-refractivity contribution >= 4 is 39.2 Å². The Labute approximate surface area is 119 Å². The largest absolute Gasteiger partial charge is 0.384 e. The number of aromatic nitrogens is 2. The molecule has 0 aliphatic carbocycles. The van der Waals surface area contributed by atoms with Crippen LogP contribution in [0.1, 0.15) is 0 Å². The molecule has 2 aromatic rings. The van der Waals surface area contributed by atoms with E-state index in [0.717, 1.165) is 4.68 Å². The molecule has 0 fully saturated rings. The first kappa shape index (κ1) is 15.2. The van der Waals surface area contributed by atoms with Crippen LogP contribution in [0.15, 0.2) is 29.3 Å². The smallest absolute Gasteiger partial charge is 0.310 e. The number of nitrogens with two attached hydrogens (primary N) is 1. The lowest BCUT2D eigenvalue weighted by molar-refractivity contribution is 0.364. The predicted octanol–water partition coefficient (Wildman–Crippen LogP) is 5.42. The lowest BCUT2D eigenvalue weighted by atomic mass is 10.3. The summed E-state index contributed by atoms with van der Waals surface area (Å²) < 4.78 is 64.4. The fourth-order valence-electron chi connectivity index (χ4n) is 1.47. The molecule has 20 heavy (non-hydrogen) atoms. The van der Waals surface area contributed by atoms with Crippen molar-refractivity contribution in [1.29, 1.82) is 0 Å². The van der Waals surface area contributed by atoms with Crippen LogP contribution in [-0.4, -0.2) is 9.78 Å². The maximum absolute atomic E-state index is 12.7. The highest BCUT2D eigenvalue weighted by atomic mass is 35.5. The van der Waals surface area contributed by atoms with E-state index in [2.05, 4.69) is 5.10 Å². The van der Waals surface area contributed by atoms with E-state index in [9.17, 15) is 19.4 Å². The van der Waals surface area contributed by atoms with Gasteiger partial charge in [-0.2, -0.15) is 5.10 Å². The number of nitrogen functional groups attached to an aromatic ring is 1. The van der Waals surface area contributed by atoms with Crippen LogP contribution in [0.2, 0.25) is 10.0 Å². The molecule has 3 nitrogen and oxygen atoms in total. The van der Waals surface area contributed by atoms with Gasteiger partial charge in [0, 0.05) is 6.07 Å². The second kappa shape index (κ2) is 3.71. The summed E-state index contributed by atoms with van der Waals surface area (Å²) in [5.74, 6) is 0.0360. The Balaban J connectivity index is 2.72. The molecule has 0 aliphatic rings. The molecule has 0 radical (unpaired) electrons. The van der Waals surface area contributed by atoms with Crippen LogP contribution in [0.3, 0.4) is 0 Å². The van der Waals surface area contributed by atoms with E-state index in [1.165, 1.54) is 12.3 Å². The molecule has 0 atom stereocenters. The minimum Gasteiger partial charge on any atom is -0.384 e. The number of hydrogen-bond acceptors (Lipinski definition) is 2. The van der Waals surface area contributed by atoms with Crippen molar-refractivity contribution in [2.75, 3.05) is 5.73 Å². The highest BCUT2D eigenvalue weighted by molar-refractivity contribution is 8.45. The second-order valence-electron chi connectivity index (χ2n) is 3.87. The maximum atomic E-state index is 12.7. The summed E-state index contributed by atoms with van der Waals surface area (Å²) >= 11 is 11.2. The highest BCUT2D eigenvalue weighted by Crippen LogP contribution is 3.02. The van der Waals surface area contributed by atoms with Crippen LogP contribution in [0.25, 0.3) is 5.69 Å². The van der Waals surface area contributed by atoms with E-state index in [-0.39, 0.29) is 23.6 Å². The van der Waals surface area contributed by atoms with E-state index in [4.69, 9.17) is 28.9 Å². The van der Waals surface area contributed by atoms with Gasteiger partial charge in [-0.3, -0.25) is 0 Å². The number of benzene rings is 1. The lowest BCUT2D eigenvalue weighted by Crippen LogP contribution is -2.08. The zero-order chi connectivity index (χ0) is 15.4. The molecule has 0 aliphatic heterocycles. The van der Waals surface area contributed by atoms with Crippen LogP contribution in [-0.2, 0) is 0 Å². The summed E-state index contributed by atoms with van der Waals surface area (Å²) in [4.78, 5) is -2.17. The molecule has 1 heterocycles. The van der Waals surface area contributed by atoms with Crippen LogP contribution < -0.4 is 5.73 Å². The van der Waals surface area contributed by atoms with Crippen LogP contribution in [0, 0.1) is 0 Å². The van der Waals surface area contributed by atoms with Crippen molar-refractivity contribution in [2.45, 2.75) is 4.90 Å². The molecule has 1 aromatic carbocycles. The van der Waals surface area contributed by atoms with Gasteiger partial charge < -0.3 is 5.73 Å². The first-order chi connectivity index (χ1) is 8.79. The third-order valence-corrected chi connectivity index (χ3v) is 4.02. The molecular formula is C9H6Cl2F5N3S. The third-order valence-electron chi connectivity index (χ3n) is 2.32. The fourth-order valence-corrected chi connectivity index (χ4v) is 2.93. The minimum atomic E-state index is -9.86. The molecule has 2 rings (SSSR count). The molecule has 0 unspecified atom stereocenters. The van der Waals surface area contributed by atoms with Crippen molar-refractivity contribution in [3.8, 4) is 5.69 Å². The molecule has 0 spiro atoms. The molecule has 0 bridgehead atoms. The summed E-state index contributed by atoms with van der Waals surface area (Å²) in [6.07, 6.45) is 1.25. The number of hydrogen-bond donors (Lipinski definition) is 1. The quantitative estimate of drug-likeness (QED) is 0.732. The van der Waals surface area contributed by atoms with E-state index in [1.807, 2.05) is 0 Å². The van der Waals surface area contributed by atoms with Gasteiger partial charge in [0.1, 0.15) is 16.4 Å². The number of anilines is 1. The van der Waals surface area contributed by atoms with Gasteiger partial charge >= 0.3 is 10.2 Å². The van der Waals surface area contributed by atoms with Gasteiger partial charge in [0.2, 0.25) is 0 Å². The molecule has 1 aromatic heterocycles. The second-order valence-corrected chi connectivity index (χ2v) is 7.10. The third kappa shape index (κ3) is 2.79. The van der Waals surface area contributed by atoms with Crippen molar-refractivity contribution in [3.63, 3.8) is 0 Å². The molecule has 0 saturated carbocycles. The molecule has 0 saturated heterocycles. The predicted molar refractivity (Wildman–Crippen MR) is 69.4 cm³/mol. The van der Waals surface area contributed by atoms with Crippen molar-refractivity contribution < 1.29 is 19.4 Å². The topological polar surface area (TPSA) is 43.8 Å². The van der Waals surface area contributed by atoms with Crippen molar-refractivity contribution in [3.05, 3.63) is 34.4 Å². The summed E-state index contributed by atoms with van der Waals surface area (Å²) in [6, 6.07) is 1.54. The van der Waals surface area contributed by atoms with Gasteiger partial charge in [0.05, 0.1) is 16.2 Å². The average Bonchev–Trinajstić information content (AvgIpc) is 2.60. The summed E-state index contributed by atoms with van der Waals surface area (Å²) in [6.45, 7) is 0. The molecule has 2 N–H and O–H groups in total. The summed E-state index contributed by atoms with van der Waals surface area (Å²) in [5, 5.41) is 2.41. The Kier molecular flexibility index (Phi) is 2.82. The van der Waals surface area contributed by atoms with E-state index in [1.54, 1.807) is 0 Å². The average molecular weight is 354 g/mol. The Morgan fingerprint density at radius 2 is 1.55 bits per heavy atom. The van der Waals surface area contributed by atoms with Gasteiger partial charge in [-0.1, -0.05) is 42.6 Å². The first-order valence-corrected chi connectivity index (χ1v) is 7.53. The van der Waals surface area contributed by atoms with Crippen molar-refractivity contribution in [2.24, 2.45) is 0 Å². The van der Waals surface area contributed by atoms with E-state index in [0.29, 0.717) is 0 Å². The maximum Gasteiger partial charge on any atom is 0.310 e. The molecule has 11 heteroatoms. The monoisotopic (exact) mass is 353 g/mol. The van der Waals surface area contributed by atoms with Crippen LogP contribution in [0.4, 0.5) is 25.2 Å². The Morgan fingerprint density at radius 3 is 1.90 bits per heavy atom. The normalized spacial score (nSPS) is 15.8. The van der Waals surface area contributed by atoms with Crippen LogP contribution >= 0.6 is 33.4 Å². The van der Waals surface area contributed by atoms with E-state index < -0.39 is 25.2 Å². The highest BCUT2D eigenvalue weighted by Gasteiger charge is 2.65. The molecule has 0 amide bonds. The Hall–Kier alpha value is -1.19. The number of halogens is 7. The Bertz CT molecular complexity index is 674. The Morgan fingerprint density at radius 1 is 1.05 bits per heavy atom. The van der Waals surface area contributed by atoms with Crippen LogP contribution in [0.5, 0.6) is 0 Å². The van der Waals surface area contributed by atoms with Gasteiger partial charge in [-0.25, -0.2) is 4.68 Å². The SMILES string of the molecule is Nc1ccnn1-c1c(Cl)cc(S(F)(F)(F)(F)F)cc1Cl. The zero-order valence-electron chi connectivity index (χ0n) is 9.34. The zero-order valence-corrected chi connectivity index (χ0v) is 11.7. The summed E-state index contributed by atoms with van der Waals surface area (Å²) in [7, 11) is -9.86. The fraction of sp³-hybridized carbons (Fsp3) is 0.